The van der Waals surface area contributed by atoms with E-state index in [2.05, 4.69) is 46.2 Å². The predicted molar refractivity (Wildman–Crippen MR) is 544 cm³/mol. The molecule has 139 heavy (non-hydrogen) atoms. The normalized spacial score (nSPS) is 15.2. The summed E-state index contributed by atoms with van der Waals surface area (Å²) in [6.45, 7) is 7.56. The van der Waals surface area contributed by atoms with Crippen molar-refractivity contribution in [2.75, 3.05) is 115 Å². The highest BCUT2D eigenvalue weighted by Crippen LogP contribution is 2.40. The Balaban J connectivity index is 0.000000128. The van der Waals surface area contributed by atoms with Crippen LogP contribution in [0, 0.1) is 20.8 Å². The minimum absolute atomic E-state index is 0.235. The Hall–Kier alpha value is -14.0. The van der Waals surface area contributed by atoms with Gasteiger partial charge in [-0.1, -0.05) is 94.9 Å². The van der Waals surface area contributed by atoms with Crippen molar-refractivity contribution in [1.82, 2.24) is 29.9 Å². The van der Waals surface area contributed by atoms with Crippen molar-refractivity contribution in [1.29, 1.82) is 0 Å². The summed E-state index contributed by atoms with van der Waals surface area (Å²) >= 11 is 25.9. The number of anilines is 8. The van der Waals surface area contributed by atoms with Gasteiger partial charge in [0.15, 0.2) is 23.8 Å². The average molecular weight is 2020 g/mol. The summed E-state index contributed by atoms with van der Waals surface area (Å²) in [5, 5.41) is 19.4. The van der Waals surface area contributed by atoms with Gasteiger partial charge in [-0.3, -0.25) is 61.3 Å². The largest absolute Gasteiger partial charge is 0.362 e. The van der Waals surface area contributed by atoms with Gasteiger partial charge in [-0.05, 0) is 248 Å². The van der Waals surface area contributed by atoms with Gasteiger partial charge in [0, 0.05) is 126 Å². The SMILES string of the molecule is Cc1cc(N2CCOCS2(=O)=O)ccc1C(=O)Nc1ccc(Cl)c(-c2ccc3ccccc3n2)c1.Cc1cc(N2CCOCS2(=O)=O)ccc1C(=O)Nc1ccc(Cl)c(-c2nccc3ccccc23)c1.Cc1cc(N2CCOCS2(=O)=O)ccc1C(=O)Nc1ccc(Cl)c(-c2nccc3ncccc23)c1.O=C(Nc1ccc(Cl)c(-c2nccc3ccncc23)c1)c1ccc(N2CCOCS2(=O)=O)cc1. The number of fused-ring (bicyclic) bond motifs is 4. The Kier molecular flexibility index (Phi) is 29.0. The number of hydrogen-bond acceptors (Lipinski definition) is 22. The van der Waals surface area contributed by atoms with Crippen molar-refractivity contribution in [3.05, 3.63) is 345 Å². The smallest absolute Gasteiger partial charge is 0.259 e. The van der Waals surface area contributed by atoms with Crippen LogP contribution in [0.1, 0.15) is 58.1 Å². The summed E-state index contributed by atoms with van der Waals surface area (Å²) in [6, 6.07) is 73.1. The number of carbonyl (C=O) groups is 4. The molecule has 30 nitrogen and oxygen atoms in total. The highest BCUT2D eigenvalue weighted by atomic mass is 35.5. The monoisotopic (exact) mass is 2020 g/mol. The number of aromatic nitrogens is 6. The summed E-state index contributed by atoms with van der Waals surface area (Å²) in [6.07, 6.45) is 10.3. The van der Waals surface area contributed by atoms with E-state index in [4.69, 9.17) is 70.3 Å². The van der Waals surface area contributed by atoms with Gasteiger partial charge >= 0.3 is 0 Å². The van der Waals surface area contributed by atoms with Crippen LogP contribution in [0.3, 0.4) is 0 Å². The number of hydrogen-bond donors (Lipinski definition) is 4. The Morgan fingerprint density at radius 1 is 0.317 bits per heavy atom. The molecule has 20 rings (SSSR count). The van der Waals surface area contributed by atoms with Gasteiger partial charge in [0.1, 0.15) is 0 Å². The number of amides is 4. The lowest BCUT2D eigenvalue weighted by Gasteiger charge is -2.28. The summed E-state index contributed by atoms with van der Waals surface area (Å²) in [7, 11) is -14.1. The van der Waals surface area contributed by atoms with E-state index in [1.165, 1.54) is 17.2 Å². The molecular weight excluding hydrogens is 1940 g/mol. The van der Waals surface area contributed by atoms with Crippen molar-refractivity contribution in [3.63, 3.8) is 0 Å². The maximum Gasteiger partial charge on any atom is 0.259 e. The molecule has 0 aliphatic carbocycles. The number of carbonyl (C=O) groups excluding carboxylic acids is 4. The standard InChI is InChI=1S/2C26H22ClN3O4S.C25H21ClN4O4S.C24H19ClN4O4S/c1-17-14-20(30-12-13-34-16-35(30,32)33)8-9-21(17)26(31)28-19-7-10-23(27)22(15-19)25-11-6-18-4-2-3-5-24(18)29-25;1-17-14-20(30-12-13-34-16-35(30,32)33)7-8-21(17)26(31)29-19-6-9-24(27)23(15-19)25-22-5-3-2-4-18(22)10-11-28-25;1-16-13-18(30-11-12-34-15-35(30,32)33)5-6-19(16)25(31)29-17-4-7-22(26)21(14-17)24-20-3-2-9-27-23(20)8-10-28-24;25-22-6-3-18(13-20(22)23-21-14-26-9-7-16(21)8-10-27-23)28-24(30)17-1-4-19(5-2-17)29-11-12-33-15-34(29,31)32/h2-11,14-15H,12-13,16H2,1H3,(H,28,31);2-11,14-15H,12-13,16H2,1H3,(H,29,31);2-10,13-14H,11-12,15H2,1H3,(H,29,31);1-10,13-14H,11-12,15H2,(H,28,30). The number of pyridine rings is 6. The molecule has 10 heterocycles. The molecule has 6 aromatic heterocycles. The van der Waals surface area contributed by atoms with E-state index in [0.29, 0.717) is 170 Å². The van der Waals surface area contributed by atoms with Crippen LogP contribution in [0.15, 0.2) is 286 Å². The fourth-order valence-corrected chi connectivity index (χ4v) is 21.9. The topological polar surface area (TPSA) is 380 Å². The Morgan fingerprint density at radius 3 is 1.14 bits per heavy atom. The van der Waals surface area contributed by atoms with Crippen LogP contribution in [0.5, 0.6) is 0 Å². The lowest BCUT2D eigenvalue weighted by molar-refractivity contribution is 0.101. The van der Waals surface area contributed by atoms with E-state index in [1.54, 1.807) is 210 Å². The molecule has 4 amide bonds. The van der Waals surface area contributed by atoms with Crippen molar-refractivity contribution < 1.29 is 71.8 Å². The average Bonchev–Trinajstić information content (AvgIpc) is 0.794. The third-order valence-electron chi connectivity index (χ3n) is 23.0. The molecule has 0 atom stereocenters. The summed E-state index contributed by atoms with van der Waals surface area (Å²) in [5.74, 6) is -2.67. The van der Waals surface area contributed by atoms with E-state index < -0.39 is 40.1 Å². The Bertz CT molecular complexity index is 7770. The zero-order chi connectivity index (χ0) is 97.4. The highest BCUT2D eigenvalue weighted by Gasteiger charge is 2.33. The third-order valence-corrected chi connectivity index (χ3v) is 30.4. The third kappa shape index (κ3) is 22.0. The molecule has 0 radical (unpaired) electrons. The van der Waals surface area contributed by atoms with Crippen LogP contribution in [-0.2, 0) is 59.0 Å². The molecule has 4 aliphatic rings. The first-order chi connectivity index (χ1) is 66.9. The number of rotatable bonds is 16. The van der Waals surface area contributed by atoms with E-state index in [9.17, 15) is 52.8 Å². The number of ether oxygens (including phenoxy) is 4. The molecule has 4 N–H and O–H groups in total. The van der Waals surface area contributed by atoms with Crippen molar-refractivity contribution >= 4 is 199 Å². The van der Waals surface area contributed by atoms with Crippen LogP contribution in [0.25, 0.3) is 88.4 Å². The molecular formula is C101H84Cl4N14O16S4. The van der Waals surface area contributed by atoms with Gasteiger partial charge in [0.2, 0.25) is 0 Å². The van der Waals surface area contributed by atoms with Crippen LogP contribution in [0.2, 0.25) is 20.1 Å². The van der Waals surface area contributed by atoms with Crippen LogP contribution in [-0.4, -0.2) is 164 Å². The molecule has 16 aromatic rings. The number of nitrogens with one attached hydrogen (secondary N) is 4. The molecule has 0 spiro atoms. The van der Waals surface area contributed by atoms with E-state index in [1.807, 2.05) is 97.1 Å². The summed E-state index contributed by atoms with van der Waals surface area (Å²) < 4.78 is 124. The first kappa shape index (κ1) is 96.7. The number of nitrogens with zero attached hydrogens (tertiary/aromatic N) is 10. The lowest BCUT2D eigenvalue weighted by atomic mass is 10.0. The fraction of sp³-hybridized carbons (Fsp3) is 0.149. The van der Waals surface area contributed by atoms with Gasteiger partial charge in [0.05, 0.1) is 129 Å². The van der Waals surface area contributed by atoms with Gasteiger partial charge in [0.25, 0.3) is 63.7 Å². The number of halogens is 4. The van der Waals surface area contributed by atoms with E-state index >= 15 is 0 Å². The van der Waals surface area contributed by atoms with Gasteiger partial charge in [-0.15, -0.1) is 0 Å². The molecule has 4 fully saturated rings. The molecule has 706 valence electrons. The van der Waals surface area contributed by atoms with Crippen LogP contribution < -0.4 is 38.5 Å². The number of para-hydroxylation sites is 1. The second-order valence-corrected chi connectivity index (χ2v) is 41.2. The molecule has 10 aromatic carbocycles. The second kappa shape index (κ2) is 41.8. The van der Waals surface area contributed by atoms with Gasteiger partial charge in [-0.2, -0.15) is 0 Å². The molecule has 0 bridgehead atoms. The maximum absolute atomic E-state index is 13.1. The quantitative estimate of drug-likeness (QED) is 0.0698. The maximum atomic E-state index is 13.1. The van der Waals surface area contributed by atoms with E-state index in [-0.39, 0.29) is 73.6 Å². The predicted octanol–water partition coefficient (Wildman–Crippen LogP) is 19.4. The first-order valence-corrected chi connectivity index (χ1v) is 51.1. The Morgan fingerprint density at radius 2 is 0.683 bits per heavy atom. The minimum Gasteiger partial charge on any atom is -0.362 e. The lowest BCUT2D eigenvalue weighted by Crippen LogP contribution is -2.41. The number of sulfonamides is 4. The molecule has 4 saturated heterocycles. The fourth-order valence-electron chi connectivity index (χ4n) is 16.1. The molecule has 38 heteroatoms. The van der Waals surface area contributed by atoms with Gasteiger partial charge < -0.3 is 40.2 Å². The Labute approximate surface area is 820 Å². The van der Waals surface area contributed by atoms with Crippen molar-refractivity contribution in [2.45, 2.75) is 20.8 Å². The molecule has 4 aliphatic heterocycles. The summed E-state index contributed by atoms with van der Waals surface area (Å²) in [4.78, 5) is 78.8. The summed E-state index contributed by atoms with van der Waals surface area (Å²) in [5.41, 5.74) is 15.1. The number of aryl methyl sites for hydroxylation is 3. The van der Waals surface area contributed by atoms with Crippen LogP contribution in [0.4, 0.5) is 45.5 Å². The molecule has 0 saturated carbocycles. The van der Waals surface area contributed by atoms with Crippen molar-refractivity contribution in [2.24, 2.45) is 0 Å². The van der Waals surface area contributed by atoms with E-state index in [0.717, 1.165) is 49.0 Å². The first-order valence-electron chi connectivity index (χ1n) is 43.2. The number of benzene rings is 10. The van der Waals surface area contributed by atoms with Crippen LogP contribution >= 0.6 is 46.4 Å². The molecule has 0 unspecified atom stereocenters. The van der Waals surface area contributed by atoms with Gasteiger partial charge in [-0.25, -0.2) is 38.7 Å². The zero-order valence-electron chi connectivity index (χ0n) is 74.3. The highest BCUT2D eigenvalue weighted by molar-refractivity contribution is 7.93. The van der Waals surface area contributed by atoms with Crippen molar-refractivity contribution in [3.8, 4) is 45.0 Å². The zero-order valence-corrected chi connectivity index (χ0v) is 80.6. The second-order valence-electron chi connectivity index (χ2n) is 32.2. The minimum atomic E-state index is -3.54.